The summed E-state index contributed by atoms with van der Waals surface area (Å²) < 4.78 is 13.0. The van der Waals surface area contributed by atoms with Gasteiger partial charge >= 0.3 is 0 Å². The smallest absolute Gasteiger partial charge is 0.219 e. The summed E-state index contributed by atoms with van der Waals surface area (Å²) in [5.74, 6) is -0.0540. The first-order valence-corrected chi connectivity index (χ1v) is 6.38. The van der Waals surface area contributed by atoms with Gasteiger partial charge in [-0.3, -0.25) is 4.79 Å². The van der Waals surface area contributed by atoms with Crippen molar-refractivity contribution < 1.29 is 9.18 Å². The van der Waals surface area contributed by atoms with Crippen LogP contribution in [0.4, 0.5) is 4.39 Å². The predicted octanol–water partition coefficient (Wildman–Crippen LogP) is 1.58. The van der Waals surface area contributed by atoms with Gasteiger partial charge in [0.2, 0.25) is 5.91 Å². The molecule has 1 aliphatic heterocycles. The fourth-order valence-corrected chi connectivity index (χ4v) is 2.34. The number of nitrogens with zero attached hydrogens (tertiary/aromatic N) is 1. The van der Waals surface area contributed by atoms with Gasteiger partial charge in [0, 0.05) is 32.6 Å². The number of nitrogens with one attached hydrogen (secondary N) is 1. The van der Waals surface area contributed by atoms with Crippen molar-refractivity contribution in [3.8, 4) is 0 Å². The average Bonchev–Trinajstić information content (AvgIpc) is 2.37. The van der Waals surface area contributed by atoms with Gasteiger partial charge in [0.1, 0.15) is 5.82 Å². The van der Waals surface area contributed by atoms with Crippen LogP contribution in [0.15, 0.2) is 24.3 Å². The lowest BCUT2D eigenvalue weighted by molar-refractivity contribution is -0.130. The molecule has 0 bridgehead atoms. The second kappa shape index (κ2) is 5.96. The summed E-state index contributed by atoms with van der Waals surface area (Å²) in [7, 11) is 0. The van der Waals surface area contributed by atoms with Crippen LogP contribution in [0.2, 0.25) is 0 Å². The van der Waals surface area contributed by atoms with E-state index in [1.54, 1.807) is 19.1 Å². The van der Waals surface area contributed by atoms with Gasteiger partial charge in [0.15, 0.2) is 0 Å². The Morgan fingerprint density at radius 2 is 2.39 bits per heavy atom. The van der Waals surface area contributed by atoms with Gasteiger partial charge in [-0.25, -0.2) is 4.39 Å². The minimum atomic E-state index is -0.186. The molecule has 0 radical (unpaired) electrons. The van der Waals surface area contributed by atoms with E-state index in [2.05, 4.69) is 5.32 Å². The molecule has 0 aliphatic carbocycles. The maximum absolute atomic E-state index is 13.0. The van der Waals surface area contributed by atoms with Crippen LogP contribution in [0, 0.1) is 5.82 Å². The Morgan fingerprint density at radius 3 is 3.11 bits per heavy atom. The molecular formula is C14H19FN2O. The Bertz CT molecular complexity index is 422. The zero-order valence-corrected chi connectivity index (χ0v) is 10.7. The SMILES string of the molecule is CC(=O)N1CCNC(CCc2cccc(F)c2)C1. The number of aryl methyl sites for hydroxylation is 1. The maximum Gasteiger partial charge on any atom is 0.219 e. The first kappa shape index (κ1) is 13.0. The van der Waals surface area contributed by atoms with E-state index in [1.165, 1.54) is 6.07 Å². The molecule has 1 fully saturated rings. The summed E-state index contributed by atoms with van der Waals surface area (Å²) in [6, 6.07) is 7.02. The third-order valence-electron chi connectivity index (χ3n) is 3.37. The Balaban J connectivity index is 1.84. The third-order valence-corrected chi connectivity index (χ3v) is 3.37. The lowest BCUT2D eigenvalue weighted by atomic mass is 10.0. The minimum absolute atomic E-state index is 0.132. The Labute approximate surface area is 107 Å². The largest absolute Gasteiger partial charge is 0.340 e. The van der Waals surface area contributed by atoms with E-state index in [0.29, 0.717) is 6.04 Å². The molecule has 1 unspecified atom stereocenters. The lowest BCUT2D eigenvalue weighted by Crippen LogP contribution is -2.52. The highest BCUT2D eigenvalue weighted by atomic mass is 19.1. The van der Waals surface area contributed by atoms with Crippen LogP contribution in [-0.4, -0.2) is 36.5 Å². The van der Waals surface area contributed by atoms with Crippen LogP contribution < -0.4 is 5.32 Å². The lowest BCUT2D eigenvalue weighted by Gasteiger charge is -2.33. The number of hydrogen-bond acceptors (Lipinski definition) is 2. The molecule has 1 heterocycles. The molecule has 1 aliphatic rings. The topological polar surface area (TPSA) is 32.3 Å². The van der Waals surface area contributed by atoms with Gasteiger partial charge in [0.25, 0.3) is 0 Å². The van der Waals surface area contributed by atoms with Gasteiger partial charge in [-0.05, 0) is 30.5 Å². The van der Waals surface area contributed by atoms with Crippen LogP contribution in [0.3, 0.4) is 0 Å². The first-order chi connectivity index (χ1) is 8.65. The van der Waals surface area contributed by atoms with Gasteiger partial charge in [0.05, 0.1) is 0 Å². The Kier molecular flexibility index (Phi) is 4.31. The molecule has 1 atom stereocenters. The van der Waals surface area contributed by atoms with Crippen molar-refractivity contribution in [1.29, 1.82) is 0 Å². The maximum atomic E-state index is 13.0. The number of benzene rings is 1. The molecule has 1 aromatic rings. The number of amides is 1. The van der Waals surface area contributed by atoms with Gasteiger partial charge in [-0.15, -0.1) is 0 Å². The molecular weight excluding hydrogens is 231 g/mol. The van der Waals surface area contributed by atoms with E-state index in [-0.39, 0.29) is 11.7 Å². The molecule has 4 heteroatoms. The van der Waals surface area contributed by atoms with Crippen LogP contribution in [0.25, 0.3) is 0 Å². The molecule has 0 aromatic heterocycles. The molecule has 2 rings (SSSR count). The fourth-order valence-electron chi connectivity index (χ4n) is 2.34. The first-order valence-electron chi connectivity index (χ1n) is 6.38. The zero-order chi connectivity index (χ0) is 13.0. The number of carbonyl (C=O) groups excluding carboxylic acids is 1. The van der Waals surface area contributed by atoms with E-state index in [4.69, 9.17) is 0 Å². The van der Waals surface area contributed by atoms with Crippen molar-refractivity contribution in [1.82, 2.24) is 10.2 Å². The normalized spacial score (nSPS) is 19.9. The van der Waals surface area contributed by atoms with Crippen molar-refractivity contribution in [2.24, 2.45) is 0 Å². The number of hydrogen-bond donors (Lipinski definition) is 1. The van der Waals surface area contributed by atoms with Crippen molar-refractivity contribution in [2.75, 3.05) is 19.6 Å². The zero-order valence-electron chi connectivity index (χ0n) is 10.7. The average molecular weight is 250 g/mol. The van der Waals surface area contributed by atoms with Gasteiger partial charge in [-0.1, -0.05) is 12.1 Å². The Morgan fingerprint density at radius 1 is 1.56 bits per heavy atom. The highest BCUT2D eigenvalue weighted by molar-refractivity contribution is 5.73. The molecule has 0 saturated carbocycles. The predicted molar refractivity (Wildman–Crippen MR) is 68.8 cm³/mol. The van der Waals surface area contributed by atoms with E-state index in [0.717, 1.165) is 38.0 Å². The molecule has 1 N–H and O–H groups in total. The molecule has 1 aromatic carbocycles. The third kappa shape index (κ3) is 3.53. The summed E-state index contributed by atoms with van der Waals surface area (Å²) in [5.41, 5.74) is 1.01. The summed E-state index contributed by atoms with van der Waals surface area (Å²) in [4.78, 5) is 13.2. The summed E-state index contributed by atoms with van der Waals surface area (Å²) in [5, 5.41) is 3.40. The highest BCUT2D eigenvalue weighted by Gasteiger charge is 2.20. The molecule has 3 nitrogen and oxygen atoms in total. The molecule has 1 saturated heterocycles. The van der Waals surface area contributed by atoms with Crippen LogP contribution in [0.5, 0.6) is 0 Å². The van der Waals surface area contributed by atoms with Crippen molar-refractivity contribution in [3.05, 3.63) is 35.6 Å². The fraction of sp³-hybridized carbons (Fsp3) is 0.500. The second-order valence-corrected chi connectivity index (χ2v) is 4.78. The Hall–Kier alpha value is -1.42. The van der Waals surface area contributed by atoms with Crippen LogP contribution >= 0.6 is 0 Å². The van der Waals surface area contributed by atoms with E-state index >= 15 is 0 Å². The molecule has 1 amide bonds. The van der Waals surface area contributed by atoms with Crippen molar-refractivity contribution in [3.63, 3.8) is 0 Å². The van der Waals surface area contributed by atoms with Crippen molar-refractivity contribution in [2.45, 2.75) is 25.8 Å². The number of rotatable bonds is 3. The monoisotopic (exact) mass is 250 g/mol. The summed E-state index contributed by atoms with van der Waals surface area (Å²) in [6.45, 7) is 3.98. The standard InChI is InChI=1S/C14H19FN2O/c1-11(18)17-8-7-16-14(10-17)6-5-12-3-2-4-13(15)9-12/h2-4,9,14,16H,5-8,10H2,1H3. The van der Waals surface area contributed by atoms with Crippen LogP contribution in [0.1, 0.15) is 18.9 Å². The summed E-state index contributed by atoms with van der Waals surface area (Å²) >= 11 is 0. The summed E-state index contributed by atoms with van der Waals surface area (Å²) in [6.07, 6.45) is 1.76. The molecule has 0 spiro atoms. The quantitative estimate of drug-likeness (QED) is 0.883. The van der Waals surface area contributed by atoms with Gasteiger partial charge < -0.3 is 10.2 Å². The van der Waals surface area contributed by atoms with E-state index in [1.807, 2.05) is 11.0 Å². The highest BCUT2D eigenvalue weighted by Crippen LogP contribution is 2.10. The van der Waals surface area contributed by atoms with E-state index < -0.39 is 0 Å². The second-order valence-electron chi connectivity index (χ2n) is 4.78. The minimum Gasteiger partial charge on any atom is -0.340 e. The van der Waals surface area contributed by atoms with E-state index in [9.17, 15) is 9.18 Å². The molecule has 18 heavy (non-hydrogen) atoms. The number of halogens is 1. The van der Waals surface area contributed by atoms with Crippen LogP contribution in [-0.2, 0) is 11.2 Å². The molecule has 98 valence electrons. The van der Waals surface area contributed by atoms with Gasteiger partial charge in [-0.2, -0.15) is 0 Å². The number of carbonyl (C=O) groups is 1. The number of piperazine rings is 1. The van der Waals surface area contributed by atoms with Crippen molar-refractivity contribution >= 4 is 5.91 Å².